The van der Waals surface area contributed by atoms with Crippen LogP contribution in [0.1, 0.15) is 37.1 Å². The molecule has 0 spiro atoms. The van der Waals surface area contributed by atoms with Crippen LogP contribution in [0.4, 0.5) is 4.79 Å². The molecule has 144 valence electrons. The molecule has 2 aromatic rings. The minimum absolute atomic E-state index is 0.122. The molecule has 2 unspecified atom stereocenters. The van der Waals surface area contributed by atoms with Crippen LogP contribution in [0.15, 0.2) is 70.6 Å². The van der Waals surface area contributed by atoms with Crippen LogP contribution in [0.2, 0.25) is 0 Å². The third kappa shape index (κ3) is 3.17. The number of hydrogen-bond donors (Lipinski definition) is 2. The van der Waals surface area contributed by atoms with Crippen molar-refractivity contribution in [3.63, 3.8) is 0 Å². The molecule has 0 fully saturated rings. The summed E-state index contributed by atoms with van der Waals surface area (Å²) < 4.78 is 5.52. The van der Waals surface area contributed by atoms with Gasteiger partial charge in [-0.2, -0.15) is 0 Å². The Morgan fingerprint density at radius 2 is 2.07 bits per heavy atom. The molecule has 2 atom stereocenters. The van der Waals surface area contributed by atoms with E-state index in [0.717, 1.165) is 28.8 Å². The zero-order valence-electron chi connectivity index (χ0n) is 16.1. The summed E-state index contributed by atoms with van der Waals surface area (Å²) in [6.07, 6.45) is 5.24. The predicted molar refractivity (Wildman–Crippen MR) is 108 cm³/mol. The topological polar surface area (TPSA) is 71.2 Å². The Balaban J connectivity index is 1.68. The highest BCUT2D eigenvalue weighted by atomic mass is 16.5. The van der Waals surface area contributed by atoms with Gasteiger partial charge in [-0.15, -0.1) is 0 Å². The van der Waals surface area contributed by atoms with E-state index in [1.807, 2.05) is 43.3 Å². The number of nitrogens with one attached hydrogen (secondary N) is 2. The number of alkyl carbamates (subject to hydrolysis) is 1. The minimum atomic E-state index is -0.691. The van der Waals surface area contributed by atoms with Gasteiger partial charge < -0.3 is 15.0 Å². The monoisotopic (exact) mass is 376 g/mol. The number of hydrogen-bond acceptors (Lipinski definition) is 3. The maximum absolute atomic E-state index is 12.8. The first-order valence-electron chi connectivity index (χ1n) is 9.57. The summed E-state index contributed by atoms with van der Waals surface area (Å²) in [6.45, 7) is 4.30. The lowest BCUT2D eigenvalue weighted by atomic mass is 9.63. The average Bonchev–Trinajstić information content (AvgIpc) is 2.66. The van der Waals surface area contributed by atoms with Crippen molar-refractivity contribution in [1.82, 2.24) is 10.3 Å². The molecule has 2 bridgehead atoms. The number of rotatable bonds is 3. The molecule has 1 aromatic carbocycles. The van der Waals surface area contributed by atoms with Crippen molar-refractivity contribution in [3.05, 3.63) is 92.9 Å². The number of pyridine rings is 1. The lowest BCUT2D eigenvalue weighted by Gasteiger charge is -2.47. The first-order chi connectivity index (χ1) is 13.5. The van der Waals surface area contributed by atoms with E-state index in [1.165, 1.54) is 11.6 Å². The quantitative estimate of drug-likeness (QED) is 0.797. The summed E-state index contributed by atoms with van der Waals surface area (Å²) in [4.78, 5) is 27.6. The largest absolute Gasteiger partial charge is 0.445 e. The molecule has 1 amide bonds. The van der Waals surface area contributed by atoms with Gasteiger partial charge in [0.25, 0.3) is 0 Å². The maximum Gasteiger partial charge on any atom is 0.408 e. The number of carbonyl (C=O) groups is 1. The highest BCUT2D eigenvalue weighted by molar-refractivity contribution is 5.71. The standard InChI is InChI=1S/C23H24N2O3/c1-3-18-17-11-15(2)13-23(18,19-9-10-21(26)24-20(19)12-17)25-22(27)28-14-16-7-5-4-6-8-16/h3-11,17H,12-14H2,1-2H3,(H,24,26)(H,25,27). The van der Waals surface area contributed by atoms with E-state index in [-0.39, 0.29) is 18.1 Å². The first kappa shape index (κ1) is 18.3. The summed E-state index contributed by atoms with van der Waals surface area (Å²) in [6, 6.07) is 13.0. The second kappa shape index (κ2) is 7.15. The number of allylic oxidation sites excluding steroid dienone is 2. The molecular weight excluding hydrogens is 352 g/mol. The van der Waals surface area contributed by atoms with Crippen molar-refractivity contribution >= 4 is 6.09 Å². The summed E-state index contributed by atoms with van der Waals surface area (Å²) in [7, 11) is 0. The van der Waals surface area contributed by atoms with Crippen LogP contribution >= 0.6 is 0 Å². The normalized spacial score (nSPS) is 24.3. The maximum atomic E-state index is 12.8. The molecular formula is C23H24N2O3. The summed E-state index contributed by atoms with van der Waals surface area (Å²) in [5, 5.41) is 3.15. The minimum Gasteiger partial charge on any atom is -0.445 e. The summed E-state index contributed by atoms with van der Waals surface area (Å²) in [5.74, 6) is 0.152. The van der Waals surface area contributed by atoms with Gasteiger partial charge >= 0.3 is 6.09 Å². The summed E-state index contributed by atoms with van der Waals surface area (Å²) in [5.41, 5.74) is 4.32. The van der Waals surface area contributed by atoms with Crippen molar-refractivity contribution in [3.8, 4) is 0 Å². The van der Waals surface area contributed by atoms with Crippen LogP contribution in [0.5, 0.6) is 0 Å². The molecule has 5 heteroatoms. The molecule has 28 heavy (non-hydrogen) atoms. The van der Waals surface area contributed by atoms with E-state index >= 15 is 0 Å². The van der Waals surface area contributed by atoms with Gasteiger partial charge in [-0.25, -0.2) is 4.79 Å². The number of benzene rings is 1. The second-order valence-electron chi connectivity index (χ2n) is 7.55. The van der Waals surface area contributed by atoms with Crippen molar-refractivity contribution in [1.29, 1.82) is 0 Å². The lowest BCUT2D eigenvalue weighted by molar-refractivity contribution is 0.126. The Morgan fingerprint density at radius 3 is 2.82 bits per heavy atom. The van der Waals surface area contributed by atoms with Crippen LogP contribution in [-0.2, 0) is 23.3 Å². The van der Waals surface area contributed by atoms with Gasteiger partial charge in [0.15, 0.2) is 0 Å². The first-order valence-corrected chi connectivity index (χ1v) is 9.57. The molecule has 0 aliphatic heterocycles. The molecule has 2 N–H and O–H groups in total. The van der Waals surface area contributed by atoms with Crippen molar-refractivity contribution in [2.24, 2.45) is 5.92 Å². The molecule has 2 aliphatic rings. The third-order valence-electron chi connectivity index (χ3n) is 5.65. The highest BCUT2D eigenvalue weighted by Crippen LogP contribution is 2.49. The SMILES string of the molecule is CC=C1C2C=C(C)CC1(NC(=O)OCc1ccccc1)c1ccc(=O)[nH]c1C2. The summed E-state index contributed by atoms with van der Waals surface area (Å²) >= 11 is 0. The molecule has 4 rings (SSSR count). The van der Waals surface area contributed by atoms with Crippen molar-refractivity contribution < 1.29 is 9.53 Å². The molecule has 5 nitrogen and oxygen atoms in total. The van der Waals surface area contributed by atoms with Crippen LogP contribution in [0.3, 0.4) is 0 Å². The van der Waals surface area contributed by atoms with Gasteiger partial charge in [0.2, 0.25) is 5.56 Å². The van der Waals surface area contributed by atoms with Gasteiger partial charge in [-0.05, 0) is 43.9 Å². The van der Waals surface area contributed by atoms with Gasteiger partial charge in [0, 0.05) is 23.2 Å². The fourth-order valence-corrected chi connectivity index (χ4v) is 4.62. The van der Waals surface area contributed by atoms with E-state index in [9.17, 15) is 9.59 Å². The number of H-pyrrole nitrogens is 1. The highest BCUT2D eigenvalue weighted by Gasteiger charge is 2.48. The van der Waals surface area contributed by atoms with E-state index in [0.29, 0.717) is 6.42 Å². The van der Waals surface area contributed by atoms with Gasteiger partial charge in [0.05, 0.1) is 5.54 Å². The number of ether oxygens (including phenoxy) is 1. The predicted octanol–water partition coefficient (Wildman–Crippen LogP) is 3.97. The zero-order valence-corrected chi connectivity index (χ0v) is 16.1. The van der Waals surface area contributed by atoms with Crippen molar-refractivity contribution in [2.75, 3.05) is 0 Å². The Hall–Kier alpha value is -3.08. The van der Waals surface area contributed by atoms with E-state index in [1.54, 1.807) is 0 Å². The number of carbonyl (C=O) groups excluding carboxylic acids is 1. The second-order valence-corrected chi connectivity index (χ2v) is 7.55. The molecule has 0 saturated heterocycles. The Kier molecular flexibility index (Phi) is 4.67. The molecule has 1 aromatic heterocycles. The molecule has 2 aliphatic carbocycles. The van der Waals surface area contributed by atoms with E-state index in [4.69, 9.17) is 4.74 Å². The molecule has 0 saturated carbocycles. The van der Waals surface area contributed by atoms with Crippen molar-refractivity contribution in [2.45, 2.75) is 38.8 Å². The Morgan fingerprint density at radius 1 is 1.29 bits per heavy atom. The molecule has 0 radical (unpaired) electrons. The number of fused-ring (bicyclic) bond motifs is 4. The lowest BCUT2D eigenvalue weighted by Crippen LogP contribution is -2.53. The van der Waals surface area contributed by atoms with Gasteiger partial charge in [0.1, 0.15) is 6.61 Å². The number of aromatic amines is 1. The van der Waals surface area contributed by atoms with E-state index in [2.05, 4.69) is 29.4 Å². The number of amides is 1. The smallest absolute Gasteiger partial charge is 0.408 e. The fraction of sp³-hybridized carbons (Fsp3) is 0.304. The molecule has 1 heterocycles. The van der Waals surface area contributed by atoms with Crippen LogP contribution in [0.25, 0.3) is 0 Å². The third-order valence-corrected chi connectivity index (χ3v) is 5.65. The Bertz CT molecular complexity index is 1020. The van der Waals surface area contributed by atoms with Gasteiger partial charge in [-0.1, -0.05) is 48.1 Å². The van der Waals surface area contributed by atoms with Gasteiger partial charge in [-0.3, -0.25) is 4.79 Å². The van der Waals surface area contributed by atoms with Crippen LogP contribution < -0.4 is 10.9 Å². The van der Waals surface area contributed by atoms with Crippen LogP contribution in [0, 0.1) is 5.92 Å². The number of aromatic nitrogens is 1. The zero-order chi connectivity index (χ0) is 19.7. The van der Waals surface area contributed by atoms with E-state index < -0.39 is 11.6 Å². The fourth-order valence-electron chi connectivity index (χ4n) is 4.62. The average molecular weight is 376 g/mol. The Labute approximate surface area is 164 Å². The van der Waals surface area contributed by atoms with Crippen LogP contribution in [-0.4, -0.2) is 11.1 Å².